The number of hydrogen-bond acceptors (Lipinski definition) is 2. The predicted octanol–water partition coefficient (Wildman–Crippen LogP) is 4.81. The van der Waals surface area contributed by atoms with Crippen LogP contribution in [0.2, 0.25) is 15.1 Å². The fourth-order valence-corrected chi connectivity index (χ4v) is 2.03. The third-order valence-electron chi connectivity index (χ3n) is 2.38. The van der Waals surface area contributed by atoms with Gasteiger partial charge >= 0.3 is 0 Å². The molecule has 2 nitrogen and oxygen atoms in total. The first-order valence-corrected chi connectivity index (χ1v) is 6.31. The summed E-state index contributed by atoms with van der Waals surface area (Å²) in [5, 5.41) is 1.64. The Balaban J connectivity index is 2.09. The lowest BCUT2D eigenvalue weighted by Crippen LogP contribution is -1.97. The molecule has 0 fully saturated rings. The molecule has 0 saturated carbocycles. The van der Waals surface area contributed by atoms with Gasteiger partial charge in [0.2, 0.25) is 0 Å². The van der Waals surface area contributed by atoms with Crippen LogP contribution in [-0.4, -0.2) is 0 Å². The lowest BCUT2D eigenvalue weighted by Gasteiger charge is -2.09. The maximum atomic E-state index is 6.04. The van der Waals surface area contributed by atoms with E-state index in [1.54, 1.807) is 30.3 Å². The molecule has 5 heteroatoms. The molecule has 0 aliphatic carbocycles. The molecule has 2 aromatic rings. The molecule has 0 radical (unpaired) electrons. The molecule has 0 unspecified atom stereocenters. The topological polar surface area (TPSA) is 35.2 Å². The van der Waals surface area contributed by atoms with E-state index in [1.807, 2.05) is 6.07 Å². The Morgan fingerprint density at radius 1 is 0.944 bits per heavy atom. The zero-order valence-corrected chi connectivity index (χ0v) is 11.6. The number of benzene rings is 2. The van der Waals surface area contributed by atoms with Gasteiger partial charge in [0.05, 0.1) is 10.7 Å². The van der Waals surface area contributed by atoms with Crippen LogP contribution in [0.25, 0.3) is 0 Å². The summed E-state index contributed by atoms with van der Waals surface area (Å²) in [6, 6.07) is 10.4. The smallest absolute Gasteiger partial charge is 0.121 e. The summed E-state index contributed by atoms with van der Waals surface area (Å²) >= 11 is 17.8. The van der Waals surface area contributed by atoms with Crippen molar-refractivity contribution in [1.82, 2.24) is 0 Å². The number of nitrogen functional groups attached to an aromatic ring is 1. The molecule has 94 valence electrons. The summed E-state index contributed by atoms with van der Waals surface area (Å²) in [7, 11) is 0. The minimum absolute atomic E-state index is 0.344. The molecule has 2 aromatic carbocycles. The standard InChI is InChI=1S/C13H10Cl3NO/c14-9-2-1-8(11(15)5-9)7-18-10-3-4-13(17)12(16)6-10/h1-6H,7,17H2. The lowest BCUT2D eigenvalue weighted by molar-refractivity contribution is 0.306. The minimum atomic E-state index is 0.344. The quantitative estimate of drug-likeness (QED) is 0.826. The average molecular weight is 303 g/mol. The highest BCUT2D eigenvalue weighted by Gasteiger charge is 2.04. The van der Waals surface area contributed by atoms with Crippen molar-refractivity contribution in [3.63, 3.8) is 0 Å². The molecule has 0 spiro atoms. The second-order valence-corrected chi connectivity index (χ2v) is 4.96. The highest BCUT2D eigenvalue weighted by molar-refractivity contribution is 6.35. The summed E-state index contributed by atoms with van der Waals surface area (Å²) in [6.45, 7) is 0.344. The van der Waals surface area contributed by atoms with Gasteiger partial charge in [-0.3, -0.25) is 0 Å². The van der Waals surface area contributed by atoms with Gasteiger partial charge < -0.3 is 10.5 Å². The van der Waals surface area contributed by atoms with Gasteiger partial charge in [-0.05, 0) is 24.3 Å². The van der Waals surface area contributed by atoms with E-state index in [2.05, 4.69) is 0 Å². The van der Waals surface area contributed by atoms with Crippen molar-refractivity contribution in [1.29, 1.82) is 0 Å². The van der Waals surface area contributed by atoms with Gasteiger partial charge in [-0.1, -0.05) is 40.9 Å². The Morgan fingerprint density at radius 3 is 2.39 bits per heavy atom. The maximum Gasteiger partial charge on any atom is 0.121 e. The van der Waals surface area contributed by atoms with E-state index in [0.717, 1.165) is 5.56 Å². The van der Waals surface area contributed by atoms with Gasteiger partial charge in [0.1, 0.15) is 12.4 Å². The molecule has 0 amide bonds. The van der Waals surface area contributed by atoms with Gasteiger partial charge in [-0.2, -0.15) is 0 Å². The van der Waals surface area contributed by atoms with Crippen molar-refractivity contribution in [2.45, 2.75) is 6.61 Å². The summed E-state index contributed by atoms with van der Waals surface area (Å²) in [6.07, 6.45) is 0. The van der Waals surface area contributed by atoms with Crippen molar-refractivity contribution in [2.24, 2.45) is 0 Å². The van der Waals surface area contributed by atoms with Crippen LogP contribution in [0, 0.1) is 0 Å². The zero-order chi connectivity index (χ0) is 13.1. The van der Waals surface area contributed by atoms with Crippen LogP contribution in [0.3, 0.4) is 0 Å². The zero-order valence-electron chi connectivity index (χ0n) is 9.29. The highest BCUT2D eigenvalue weighted by Crippen LogP contribution is 2.26. The van der Waals surface area contributed by atoms with E-state index in [-0.39, 0.29) is 0 Å². The van der Waals surface area contributed by atoms with E-state index >= 15 is 0 Å². The Hall–Kier alpha value is -1.09. The molecule has 2 rings (SSSR count). The maximum absolute atomic E-state index is 6.04. The number of anilines is 1. The van der Waals surface area contributed by atoms with Gasteiger partial charge in [0, 0.05) is 21.7 Å². The van der Waals surface area contributed by atoms with Crippen LogP contribution in [0.5, 0.6) is 5.75 Å². The number of nitrogens with two attached hydrogens (primary N) is 1. The molecule has 0 aliphatic heterocycles. The van der Waals surface area contributed by atoms with Crippen molar-refractivity contribution in [3.8, 4) is 5.75 Å². The average Bonchev–Trinajstić information content (AvgIpc) is 2.32. The number of ether oxygens (including phenoxy) is 1. The van der Waals surface area contributed by atoms with Crippen LogP contribution in [0.4, 0.5) is 5.69 Å². The largest absolute Gasteiger partial charge is 0.489 e. The second-order valence-electron chi connectivity index (χ2n) is 3.71. The first-order chi connectivity index (χ1) is 8.56. The van der Waals surface area contributed by atoms with Crippen LogP contribution < -0.4 is 10.5 Å². The van der Waals surface area contributed by atoms with Crippen LogP contribution in [-0.2, 0) is 6.61 Å². The fourth-order valence-electron chi connectivity index (χ4n) is 1.40. The van der Waals surface area contributed by atoms with Crippen molar-refractivity contribution in [2.75, 3.05) is 5.73 Å². The minimum Gasteiger partial charge on any atom is -0.489 e. The van der Waals surface area contributed by atoms with Crippen LogP contribution in [0.1, 0.15) is 5.56 Å². The van der Waals surface area contributed by atoms with Gasteiger partial charge in [0.25, 0.3) is 0 Å². The molecule has 0 heterocycles. The van der Waals surface area contributed by atoms with E-state index in [0.29, 0.717) is 33.1 Å². The third-order valence-corrected chi connectivity index (χ3v) is 3.30. The summed E-state index contributed by atoms with van der Waals surface area (Å²) < 4.78 is 5.58. The molecule has 0 aromatic heterocycles. The van der Waals surface area contributed by atoms with Crippen LogP contribution in [0.15, 0.2) is 36.4 Å². The number of hydrogen-bond donors (Lipinski definition) is 1. The monoisotopic (exact) mass is 301 g/mol. The second kappa shape index (κ2) is 5.70. The molecule has 18 heavy (non-hydrogen) atoms. The van der Waals surface area contributed by atoms with Gasteiger partial charge in [-0.25, -0.2) is 0 Å². The molecular formula is C13H10Cl3NO. The van der Waals surface area contributed by atoms with Crippen molar-refractivity contribution in [3.05, 3.63) is 57.0 Å². The van der Waals surface area contributed by atoms with E-state index < -0.39 is 0 Å². The predicted molar refractivity (Wildman–Crippen MR) is 76.7 cm³/mol. The first kappa shape index (κ1) is 13.3. The van der Waals surface area contributed by atoms with E-state index in [4.69, 9.17) is 45.3 Å². The SMILES string of the molecule is Nc1ccc(OCc2ccc(Cl)cc2Cl)cc1Cl. The number of rotatable bonds is 3. The Bertz CT molecular complexity index is 572. The fraction of sp³-hybridized carbons (Fsp3) is 0.0769. The molecular weight excluding hydrogens is 293 g/mol. The molecule has 0 aliphatic rings. The van der Waals surface area contributed by atoms with Gasteiger partial charge in [-0.15, -0.1) is 0 Å². The summed E-state index contributed by atoms with van der Waals surface area (Å²) in [5.41, 5.74) is 6.99. The molecule has 0 saturated heterocycles. The third kappa shape index (κ3) is 3.22. The number of halogens is 3. The summed E-state index contributed by atoms with van der Waals surface area (Å²) in [5.74, 6) is 0.639. The molecule has 0 bridgehead atoms. The lowest BCUT2D eigenvalue weighted by atomic mass is 10.2. The van der Waals surface area contributed by atoms with Crippen LogP contribution >= 0.6 is 34.8 Å². The highest BCUT2D eigenvalue weighted by atomic mass is 35.5. The normalized spacial score (nSPS) is 10.4. The summed E-state index contributed by atoms with van der Waals surface area (Å²) in [4.78, 5) is 0. The van der Waals surface area contributed by atoms with E-state index in [1.165, 1.54) is 0 Å². The Kier molecular flexibility index (Phi) is 4.23. The van der Waals surface area contributed by atoms with E-state index in [9.17, 15) is 0 Å². The van der Waals surface area contributed by atoms with Crippen molar-refractivity contribution >= 4 is 40.5 Å². The first-order valence-electron chi connectivity index (χ1n) is 5.18. The Labute approximate surface area is 120 Å². The van der Waals surface area contributed by atoms with Gasteiger partial charge in [0.15, 0.2) is 0 Å². The molecule has 2 N–H and O–H groups in total. The van der Waals surface area contributed by atoms with Crippen molar-refractivity contribution < 1.29 is 4.74 Å². The Morgan fingerprint density at radius 2 is 1.72 bits per heavy atom. The molecule has 0 atom stereocenters.